The quantitative estimate of drug-likeness (QED) is 0.460. The number of fused-ring (bicyclic) bond motifs is 1. The lowest BCUT2D eigenvalue weighted by molar-refractivity contribution is -0.376. The van der Waals surface area contributed by atoms with Crippen LogP contribution in [0.15, 0.2) is 47.4 Å². The second-order valence-electron chi connectivity index (χ2n) is 8.88. The molecule has 1 unspecified atom stereocenters. The Morgan fingerprint density at radius 3 is 2.08 bits per heavy atom. The number of anilines is 1. The molecule has 1 aliphatic rings. The van der Waals surface area contributed by atoms with Gasteiger partial charge in [0.1, 0.15) is 6.04 Å². The lowest BCUT2D eigenvalue weighted by atomic mass is 9.92. The summed E-state index contributed by atoms with van der Waals surface area (Å²) >= 11 is 0. The smallest absolute Gasteiger partial charge is 0.393 e. The number of carbonyl (C=O) groups is 2. The molecule has 2 atom stereocenters. The number of hydrogen-bond acceptors (Lipinski definition) is 6. The van der Waals surface area contributed by atoms with E-state index in [2.05, 4.69) is 5.32 Å². The van der Waals surface area contributed by atoms with Crippen molar-refractivity contribution in [3.05, 3.63) is 59.2 Å². The van der Waals surface area contributed by atoms with E-state index in [9.17, 15) is 54.6 Å². The van der Waals surface area contributed by atoms with Gasteiger partial charge in [-0.3, -0.25) is 9.59 Å². The van der Waals surface area contributed by atoms with E-state index in [4.69, 9.17) is 0 Å². The van der Waals surface area contributed by atoms with Crippen molar-refractivity contribution in [1.29, 1.82) is 0 Å². The van der Waals surface area contributed by atoms with Crippen molar-refractivity contribution in [3.63, 3.8) is 0 Å². The Balaban J connectivity index is 1.95. The normalized spacial score (nSPS) is 17.2. The van der Waals surface area contributed by atoms with E-state index in [-0.39, 0.29) is 29.1 Å². The Morgan fingerprint density at radius 2 is 1.61 bits per heavy atom. The SMILES string of the molecule is C[C@@H](O)CC(=O)N1Cc2cc(S(C)(=O)=O)ccc2C1C(=O)Nc1ccc(C(O)(C(F)(F)F)C(F)(F)F)cc1. The molecule has 15 heteroatoms. The maximum absolute atomic E-state index is 13.2. The van der Waals surface area contributed by atoms with Gasteiger partial charge in [-0.15, -0.1) is 0 Å². The van der Waals surface area contributed by atoms with Gasteiger partial charge in [0.05, 0.1) is 17.4 Å². The molecule has 0 aliphatic carbocycles. The summed E-state index contributed by atoms with van der Waals surface area (Å²) in [5, 5.41) is 21.4. The summed E-state index contributed by atoms with van der Waals surface area (Å²) in [7, 11) is -3.63. The third-order valence-corrected chi connectivity index (χ3v) is 7.03. The van der Waals surface area contributed by atoms with Gasteiger partial charge in [-0.1, -0.05) is 18.2 Å². The van der Waals surface area contributed by atoms with Crippen LogP contribution in [-0.4, -0.2) is 60.1 Å². The van der Waals surface area contributed by atoms with Gasteiger partial charge < -0.3 is 20.4 Å². The number of alkyl halides is 6. The first-order valence-electron chi connectivity index (χ1n) is 10.8. The molecule has 0 aromatic heterocycles. The summed E-state index contributed by atoms with van der Waals surface area (Å²) in [6, 6.07) is 4.64. The molecule has 38 heavy (non-hydrogen) atoms. The van der Waals surface area contributed by atoms with Gasteiger partial charge in [0.25, 0.3) is 11.5 Å². The van der Waals surface area contributed by atoms with Crippen LogP contribution in [0.25, 0.3) is 0 Å². The van der Waals surface area contributed by atoms with Crippen LogP contribution >= 0.6 is 0 Å². The number of nitrogens with zero attached hydrogens (tertiary/aromatic N) is 1. The molecule has 0 spiro atoms. The van der Waals surface area contributed by atoms with Gasteiger partial charge >= 0.3 is 12.4 Å². The molecule has 3 N–H and O–H groups in total. The predicted octanol–water partition coefficient (Wildman–Crippen LogP) is 3.20. The molecule has 2 amide bonds. The van der Waals surface area contributed by atoms with E-state index in [0.717, 1.165) is 23.3 Å². The molecule has 1 aliphatic heterocycles. The fraction of sp³-hybridized carbons (Fsp3) is 0.391. The number of benzene rings is 2. The zero-order valence-electron chi connectivity index (χ0n) is 19.8. The summed E-state index contributed by atoms with van der Waals surface area (Å²) in [6.07, 6.45) is -12.7. The van der Waals surface area contributed by atoms with E-state index in [1.54, 1.807) is 0 Å². The number of hydrogen-bond donors (Lipinski definition) is 3. The molecular weight excluding hydrogens is 546 g/mol. The monoisotopic (exact) mass is 568 g/mol. The highest BCUT2D eigenvalue weighted by atomic mass is 32.2. The van der Waals surface area contributed by atoms with Crippen LogP contribution in [0.3, 0.4) is 0 Å². The standard InChI is InChI=1S/C23H22F6N2O6S/c1-12(32)9-18(33)31-11-13-10-16(38(2,36)37)7-8-17(13)19(31)20(34)30-15-5-3-14(4-6-15)21(35,22(24,25)26)23(27,28)29/h3-8,10,12,19,32,35H,9,11H2,1-2H3,(H,30,34)/t12-,19?/m1/s1. The minimum Gasteiger partial charge on any atom is -0.393 e. The lowest BCUT2D eigenvalue weighted by Crippen LogP contribution is -2.53. The average molecular weight is 568 g/mol. The van der Waals surface area contributed by atoms with Crippen molar-refractivity contribution in [3.8, 4) is 0 Å². The maximum Gasteiger partial charge on any atom is 0.430 e. The molecule has 1 heterocycles. The van der Waals surface area contributed by atoms with Crippen LogP contribution in [-0.2, 0) is 31.6 Å². The Kier molecular flexibility index (Phi) is 7.62. The van der Waals surface area contributed by atoms with Crippen LogP contribution in [0.4, 0.5) is 32.0 Å². The Labute approximate surface area is 212 Å². The number of rotatable bonds is 6. The van der Waals surface area contributed by atoms with Crippen molar-refractivity contribution in [2.45, 2.75) is 54.9 Å². The van der Waals surface area contributed by atoms with Gasteiger partial charge in [-0.25, -0.2) is 8.42 Å². The number of aliphatic hydroxyl groups excluding tert-OH is 1. The third kappa shape index (κ3) is 5.49. The summed E-state index contributed by atoms with van der Waals surface area (Å²) in [4.78, 5) is 26.9. The molecular formula is C23H22F6N2O6S. The zero-order chi connectivity index (χ0) is 28.8. The molecule has 2 aromatic carbocycles. The summed E-state index contributed by atoms with van der Waals surface area (Å²) in [5.74, 6) is -1.56. The second-order valence-corrected chi connectivity index (χ2v) is 10.9. The number of nitrogens with one attached hydrogen (secondary N) is 1. The van der Waals surface area contributed by atoms with Gasteiger partial charge in [0.15, 0.2) is 9.84 Å². The summed E-state index contributed by atoms with van der Waals surface area (Å²) < 4.78 is 103. The summed E-state index contributed by atoms with van der Waals surface area (Å²) in [6.45, 7) is 1.15. The van der Waals surface area contributed by atoms with Gasteiger partial charge in [-0.2, -0.15) is 26.3 Å². The first kappa shape index (κ1) is 29.4. The van der Waals surface area contributed by atoms with E-state index in [1.165, 1.54) is 25.1 Å². The number of amides is 2. The van der Waals surface area contributed by atoms with E-state index >= 15 is 0 Å². The molecule has 0 radical (unpaired) electrons. The largest absolute Gasteiger partial charge is 0.430 e. The number of carbonyl (C=O) groups excluding carboxylic acids is 2. The average Bonchev–Trinajstić information content (AvgIpc) is 3.15. The van der Waals surface area contributed by atoms with Crippen LogP contribution in [0.2, 0.25) is 0 Å². The van der Waals surface area contributed by atoms with Crippen LogP contribution in [0.1, 0.15) is 36.1 Å². The molecule has 3 rings (SSSR count). The van der Waals surface area contributed by atoms with Crippen LogP contribution in [0, 0.1) is 0 Å². The minimum atomic E-state index is -6.08. The summed E-state index contributed by atoms with van der Waals surface area (Å²) in [5.41, 5.74) is -6.34. The highest BCUT2D eigenvalue weighted by molar-refractivity contribution is 7.90. The van der Waals surface area contributed by atoms with Crippen molar-refractivity contribution in [2.24, 2.45) is 0 Å². The second kappa shape index (κ2) is 9.85. The van der Waals surface area contributed by atoms with Crippen molar-refractivity contribution in [2.75, 3.05) is 11.6 Å². The Morgan fingerprint density at radius 1 is 1.05 bits per heavy atom. The highest BCUT2D eigenvalue weighted by Crippen LogP contribution is 2.50. The fourth-order valence-corrected chi connectivity index (χ4v) is 4.71. The first-order valence-corrected chi connectivity index (χ1v) is 12.7. The van der Waals surface area contributed by atoms with Gasteiger partial charge in [-0.05, 0) is 42.3 Å². The molecule has 0 bridgehead atoms. The Bertz CT molecular complexity index is 1330. The predicted molar refractivity (Wildman–Crippen MR) is 120 cm³/mol. The molecule has 2 aromatic rings. The minimum absolute atomic E-state index is 0.0716. The Hall–Kier alpha value is -3.17. The van der Waals surface area contributed by atoms with E-state index in [0.29, 0.717) is 17.7 Å². The number of sulfone groups is 1. The van der Waals surface area contributed by atoms with Crippen LogP contribution < -0.4 is 5.32 Å². The molecule has 208 valence electrons. The topological polar surface area (TPSA) is 124 Å². The van der Waals surface area contributed by atoms with Crippen molar-refractivity contribution < 1.29 is 54.6 Å². The fourth-order valence-electron chi connectivity index (χ4n) is 4.04. The maximum atomic E-state index is 13.2. The number of aliphatic hydroxyl groups is 2. The van der Waals surface area contributed by atoms with Gasteiger partial charge in [0.2, 0.25) is 5.91 Å². The molecule has 0 saturated carbocycles. The lowest BCUT2D eigenvalue weighted by Gasteiger charge is -2.32. The molecule has 0 saturated heterocycles. The van der Waals surface area contributed by atoms with Crippen LogP contribution in [0.5, 0.6) is 0 Å². The first-order chi connectivity index (χ1) is 17.3. The molecule has 0 fully saturated rings. The van der Waals surface area contributed by atoms with E-state index in [1.807, 2.05) is 0 Å². The number of halogens is 6. The zero-order valence-corrected chi connectivity index (χ0v) is 20.6. The van der Waals surface area contributed by atoms with E-state index < -0.39 is 57.3 Å². The van der Waals surface area contributed by atoms with Crippen molar-refractivity contribution in [1.82, 2.24) is 4.90 Å². The highest BCUT2D eigenvalue weighted by Gasteiger charge is 2.71. The molecule has 8 nitrogen and oxygen atoms in total. The van der Waals surface area contributed by atoms with Gasteiger partial charge in [0, 0.05) is 24.1 Å². The van der Waals surface area contributed by atoms with Crippen molar-refractivity contribution >= 4 is 27.3 Å². The third-order valence-electron chi connectivity index (χ3n) is 5.92.